The molecule has 0 aliphatic carbocycles. The normalized spacial score (nSPS) is 18.5. The molecule has 3 heteroatoms. The van der Waals surface area contributed by atoms with E-state index in [0.717, 1.165) is 43.6 Å². The van der Waals surface area contributed by atoms with Crippen molar-refractivity contribution >= 4 is 0 Å². The van der Waals surface area contributed by atoms with Gasteiger partial charge < -0.3 is 5.32 Å². The van der Waals surface area contributed by atoms with Gasteiger partial charge in [-0.15, -0.1) is 0 Å². The van der Waals surface area contributed by atoms with Crippen molar-refractivity contribution in [3.05, 3.63) is 35.1 Å². The van der Waals surface area contributed by atoms with E-state index in [4.69, 9.17) is 0 Å². The zero-order valence-corrected chi connectivity index (χ0v) is 10.7. The van der Waals surface area contributed by atoms with Crippen LogP contribution in [0.4, 0.5) is 4.39 Å². The molecular weight excluding hydrogens is 215 g/mol. The molecule has 0 aromatic heterocycles. The van der Waals surface area contributed by atoms with Gasteiger partial charge >= 0.3 is 0 Å². The first-order valence-corrected chi connectivity index (χ1v) is 6.33. The predicted molar refractivity (Wildman–Crippen MR) is 68.5 cm³/mol. The van der Waals surface area contributed by atoms with Crippen molar-refractivity contribution < 1.29 is 4.39 Å². The van der Waals surface area contributed by atoms with Crippen LogP contribution in [0.5, 0.6) is 0 Å². The molecule has 2 nitrogen and oxygen atoms in total. The first kappa shape index (κ1) is 12.5. The van der Waals surface area contributed by atoms with Gasteiger partial charge in [0.1, 0.15) is 5.82 Å². The van der Waals surface area contributed by atoms with Crippen LogP contribution in [-0.4, -0.2) is 31.1 Å². The minimum Gasteiger partial charge on any atom is -0.317 e. The van der Waals surface area contributed by atoms with E-state index in [0.29, 0.717) is 6.04 Å². The van der Waals surface area contributed by atoms with Crippen molar-refractivity contribution in [3.63, 3.8) is 0 Å². The minimum absolute atomic E-state index is 0.0775. The fourth-order valence-corrected chi connectivity index (χ4v) is 2.45. The topological polar surface area (TPSA) is 15.3 Å². The van der Waals surface area contributed by atoms with Gasteiger partial charge in [0.15, 0.2) is 0 Å². The standard InChI is InChI=1S/C14H21FN2/c1-11-3-4-14(15)12(9-11)10-17-7-5-13(16-2)6-8-17/h3-4,9,13,16H,5-8,10H2,1-2H3. The zero-order valence-electron chi connectivity index (χ0n) is 10.7. The van der Waals surface area contributed by atoms with Crippen LogP contribution in [0, 0.1) is 12.7 Å². The Morgan fingerprint density at radius 2 is 2.06 bits per heavy atom. The number of halogens is 1. The zero-order chi connectivity index (χ0) is 12.3. The van der Waals surface area contributed by atoms with Crippen molar-refractivity contribution in [1.82, 2.24) is 10.2 Å². The Bertz CT molecular complexity index is 370. The summed E-state index contributed by atoms with van der Waals surface area (Å²) in [6, 6.07) is 5.99. The Hall–Kier alpha value is -0.930. The highest BCUT2D eigenvalue weighted by atomic mass is 19.1. The van der Waals surface area contributed by atoms with Gasteiger partial charge in [0, 0.05) is 18.2 Å². The largest absolute Gasteiger partial charge is 0.317 e. The molecule has 2 rings (SSSR count). The molecule has 0 radical (unpaired) electrons. The predicted octanol–water partition coefficient (Wildman–Crippen LogP) is 2.32. The summed E-state index contributed by atoms with van der Waals surface area (Å²) in [4.78, 5) is 2.34. The van der Waals surface area contributed by atoms with Gasteiger partial charge in [-0.05, 0) is 46.0 Å². The Balaban J connectivity index is 1.95. The molecular formula is C14H21FN2. The van der Waals surface area contributed by atoms with Crippen molar-refractivity contribution in [2.75, 3.05) is 20.1 Å². The Morgan fingerprint density at radius 3 is 2.71 bits per heavy atom. The molecule has 1 aliphatic heterocycles. The third-order valence-electron chi connectivity index (χ3n) is 3.59. The SMILES string of the molecule is CNC1CCN(Cc2cc(C)ccc2F)CC1. The third kappa shape index (κ3) is 3.27. The maximum absolute atomic E-state index is 13.6. The summed E-state index contributed by atoms with van der Waals surface area (Å²) in [6.07, 6.45) is 2.31. The molecule has 1 aromatic rings. The third-order valence-corrected chi connectivity index (χ3v) is 3.59. The number of nitrogens with one attached hydrogen (secondary N) is 1. The molecule has 1 N–H and O–H groups in total. The highest BCUT2D eigenvalue weighted by molar-refractivity contribution is 5.24. The maximum atomic E-state index is 13.6. The first-order valence-electron chi connectivity index (χ1n) is 6.33. The fraction of sp³-hybridized carbons (Fsp3) is 0.571. The highest BCUT2D eigenvalue weighted by Crippen LogP contribution is 2.16. The van der Waals surface area contributed by atoms with E-state index in [1.54, 1.807) is 6.07 Å². The van der Waals surface area contributed by atoms with Crippen molar-refractivity contribution in [2.24, 2.45) is 0 Å². The number of benzene rings is 1. The number of aryl methyl sites for hydroxylation is 1. The number of nitrogens with zero attached hydrogens (tertiary/aromatic N) is 1. The summed E-state index contributed by atoms with van der Waals surface area (Å²) < 4.78 is 13.6. The van der Waals surface area contributed by atoms with Crippen LogP contribution in [0.25, 0.3) is 0 Å². The molecule has 1 heterocycles. The van der Waals surface area contributed by atoms with Crippen molar-refractivity contribution in [3.8, 4) is 0 Å². The average Bonchev–Trinajstić information content (AvgIpc) is 2.35. The lowest BCUT2D eigenvalue weighted by Gasteiger charge is -2.31. The van der Waals surface area contributed by atoms with Gasteiger partial charge in [-0.2, -0.15) is 0 Å². The molecule has 0 unspecified atom stereocenters. The van der Waals surface area contributed by atoms with E-state index in [-0.39, 0.29) is 5.82 Å². The second-order valence-corrected chi connectivity index (χ2v) is 4.93. The van der Waals surface area contributed by atoms with Crippen LogP contribution in [-0.2, 0) is 6.54 Å². The van der Waals surface area contributed by atoms with Crippen LogP contribution >= 0.6 is 0 Å². The van der Waals surface area contributed by atoms with Gasteiger partial charge in [-0.1, -0.05) is 17.7 Å². The lowest BCUT2D eigenvalue weighted by Crippen LogP contribution is -2.40. The van der Waals surface area contributed by atoms with Crippen LogP contribution < -0.4 is 5.32 Å². The summed E-state index contributed by atoms with van der Waals surface area (Å²) >= 11 is 0. The van der Waals surface area contributed by atoms with E-state index in [1.807, 2.05) is 26.1 Å². The molecule has 1 saturated heterocycles. The molecule has 1 aromatic carbocycles. The number of piperidine rings is 1. The second kappa shape index (κ2) is 5.61. The van der Waals surface area contributed by atoms with Gasteiger partial charge in [0.2, 0.25) is 0 Å². The van der Waals surface area contributed by atoms with Crippen LogP contribution in [0.2, 0.25) is 0 Å². The van der Waals surface area contributed by atoms with Crippen LogP contribution in [0.1, 0.15) is 24.0 Å². The molecule has 0 spiro atoms. The van der Waals surface area contributed by atoms with Gasteiger partial charge in [-0.25, -0.2) is 4.39 Å². The van der Waals surface area contributed by atoms with Crippen LogP contribution in [0.3, 0.4) is 0 Å². The van der Waals surface area contributed by atoms with E-state index in [1.165, 1.54) is 0 Å². The van der Waals surface area contributed by atoms with E-state index < -0.39 is 0 Å². The lowest BCUT2D eigenvalue weighted by molar-refractivity contribution is 0.192. The summed E-state index contributed by atoms with van der Waals surface area (Å²) in [6.45, 7) is 4.86. The summed E-state index contributed by atoms with van der Waals surface area (Å²) in [5, 5.41) is 3.31. The van der Waals surface area contributed by atoms with E-state index >= 15 is 0 Å². The smallest absolute Gasteiger partial charge is 0.127 e. The second-order valence-electron chi connectivity index (χ2n) is 4.93. The molecule has 17 heavy (non-hydrogen) atoms. The maximum Gasteiger partial charge on any atom is 0.127 e. The van der Waals surface area contributed by atoms with Crippen molar-refractivity contribution in [2.45, 2.75) is 32.4 Å². The molecule has 0 atom stereocenters. The molecule has 94 valence electrons. The minimum atomic E-state index is -0.0775. The number of hydrogen-bond acceptors (Lipinski definition) is 2. The molecule has 1 aliphatic rings. The lowest BCUT2D eigenvalue weighted by atomic mass is 10.0. The van der Waals surface area contributed by atoms with Crippen LogP contribution in [0.15, 0.2) is 18.2 Å². The Kier molecular flexibility index (Phi) is 4.13. The fourth-order valence-electron chi connectivity index (χ4n) is 2.45. The molecule has 1 fully saturated rings. The average molecular weight is 236 g/mol. The molecule has 0 saturated carbocycles. The Labute approximate surface area is 103 Å². The number of rotatable bonds is 3. The Morgan fingerprint density at radius 1 is 1.35 bits per heavy atom. The van der Waals surface area contributed by atoms with Crippen molar-refractivity contribution in [1.29, 1.82) is 0 Å². The summed E-state index contributed by atoms with van der Waals surface area (Å²) in [7, 11) is 2.01. The summed E-state index contributed by atoms with van der Waals surface area (Å²) in [5.41, 5.74) is 1.96. The number of hydrogen-bond donors (Lipinski definition) is 1. The molecule has 0 amide bonds. The highest BCUT2D eigenvalue weighted by Gasteiger charge is 2.18. The molecule has 0 bridgehead atoms. The van der Waals surface area contributed by atoms with Gasteiger partial charge in [0.05, 0.1) is 0 Å². The number of likely N-dealkylation sites (tertiary alicyclic amines) is 1. The van der Waals surface area contributed by atoms with Gasteiger partial charge in [0.25, 0.3) is 0 Å². The first-order chi connectivity index (χ1) is 8.19. The monoisotopic (exact) mass is 236 g/mol. The van der Waals surface area contributed by atoms with E-state index in [9.17, 15) is 4.39 Å². The summed E-state index contributed by atoms with van der Waals surface area (Å²) in [5.74, 6) is -0.0775. The van der Waals surface area contributed by atoms with E-state index in [2.05, 4.69) is 10.2 Å². The van der Waals surface area contributed by atoms with Gasteiger partial charge in [-0.3, -0.25) is 4.90 Å². The quantitative estimate of drug-likeness (QED) is 0.866.